The molecule has 20 heteroatoms. The van der Waals surface area contributed by atoms with E-state index in [1.807, 2.05) is 12.1 Å². The van der Waals surface area contributed by atoms with Crippen molar-refractivity contribution in [3.8, 4) is 0 Å². The van der Waals surface area contributed by atoms with Crippen molar-refractivity contribution in [3.05, 3.63) is 71.8 Å². The van der Waals surface area contributed by atoms with Gasteiger partial charge in [0.15, 0.2) is 12.4 Å². The highest BCUT2D eigenvalue weighted by molar-refractivity contribution is 7.48. The van der Waals surface area contributed by atoms with Gasteiger partial charge in [0.1, 0.15) is 36.6 Å². The summed E-state index contributed by atoms with van der Waals surface area (Å²) in [6, 6.07) is 16.5. The van der Waals surface area contributed by atoms with Gasteiger partial charge in [0.25, 0.3) is 0 Å². The molecule has 1 saturated heterocycles. The second-order valence-corrected chi connectivity index (χ2v) is 34.1. The number of aliphatic hydroxyl groups excluding tert-OH is 1. The van der Waals surface area contributed by atoms with Crippen LogP contribution < -0.4 is 10.6 Å². The van der Waals surface area contributed by atoms with Gasteiger partial charge in [0, 0.05) is 25.8 Å². The molecule has 2 aromatic rings. The fraction of sp³-hybridized carbons (Fsp3) is 0.809. The molecule has 1 aliphatic rings. The molecule has 0 aromatic heterocycles. The normalized spacial score (nSPS) is 16.4. The molecule has 0 aliphatic carbocycles. The third-order valence-electron chi connectivity index (χ3n) is 21.8. The van der Waals surface area contributed by atoms with Gasteiger partial charge in [-0.05, 0) is 68.9 Å². The fourth-order valence-corrected chi connectivity index (χ4v) is 16.2. The largest absolute Gasteiger partial charge is 0.475 e. The minimum Gasteiger partial charge on any atom is -0.462 e. The van der Waals surface area contributed by atoms with Crippen molar-refractivity contribution in [2.45, 2.75) is 470 Å². The number of benzene rings is 2. The van der Waals surface area contributed by atoms with Crippen LogP contribution in [0.2, 0.25) is 0 Å². The van der Waals surface area contributed by atoms with E-state index in [1.165, 1.54) is 109 Å². The zero-order valence-electron chi connectivity index (χ0n) is 72.7. The number of nitrogens with one attached hydrogen (secondary N) is 2. The first-order chi connectivity index (χ1) is 55.7. The molecule has 3 N–H and O–H groups in total. The van der Waals surface area contributed by atoms with E-state index in [9.17, 15) is 24.3 Å². The van der Waals surface area contributed by atoms with E-state index >= 15 is 14.2 Å². The first kappa shape index (κ1) is 103. The molecule has 0 bridgehead atoms. The Morgan fingerprint density at radius 1 is 0.395 bits per heavy atom. The van der Waals surface area contributed by atoms with Crippen LogP contribution in [0.5, 0.6) is 0 Å². The summed E-state index contributed by atoms with van der Waals surface area (Å²) in [5, 5.41) is 17.6. The molecule has 1 aliphatic heterocycles. The third kappa shape index (κ3) is 54.4. The Bertz CT molecular complexity index is 2660. The van der Waals surface area contributed by atoms with Crippen LogP contribution in [0.4, 0.5) is 0 Å². The summed E-state index contributed by atoms with van der Waals surface area (Å²) in [5.41, 5.74) is 1.26. The SMILES string of the molecule is CCCCCCCCCCC[C@H](CC(=O)NCCO[C@@H]1O[C@H](CO)[C@@H](OP(=O)(OCc2ccccc2)OCc2ccccc2)[C@H](OC(=O)C[C@@H](CCCCCCCCCCC)OC(=O)CCCCCCCCC)[C@H]1NC(=O)C[C@@H](CCCCCCCCCCC)OC(=O)CCCCCCCCC)OC(=O)CCCCCCCCC. The standard InChI is InChI=1S/C94H163N2O17P/c1-7-13-19-25-31-34-40-43-55-65-81(108-87(100)68-58-46-37-28-22-16-10-4)73-85(98)95-71-72-105-94-91(96-86(99)74-82(66-56-44-41-35-32-26-20-14-8-2)109-88(101)69-59-47-38-29-23-17-11-5)93(92(84(76-97)111-94)113-114(104,106-77-79-61-51-49-52-62-79)107-78-80-63-53-50-54-64-80)112-90(103)75-83(67-57-45-42-36-33-27-21-15-9-3)110-89(102)70-60-48-39-30-24-18-12-6/h49-54,61-64,81-84,91-94,97H,7-48,55-60,65-78H2,1-6H3,(H,95,98)(H,96,99)/t81-,82-,83-,84-,91-,92-,93-,94-/m1/s1. The summed E-state index contributed by atoms with van der Waals surface area (Å²) in [4.78, 5) is 85.9. The van der Waals surface area contributed by atoms with Gasteiger partial charge in [0.2, 0.25) is 11.8 Å². The van der Waals surface area contributed by atoms with E-state index in [4.69, 9.17) is 42.0 Å². The zero-order chi connectivity index (χ0) is 82.4. The van der Waals surface area contributed by atoms with E-state index in [-0.39, 0.29) is 70.3 Å². The lowest BCUT2D eigenvalue weighted by Crippen LogP contribution is -2.66. The number of hydrogen-bond acceptors (Lipinski definition) is 17. The Morgan fingerprint density at radius 3 is 1.05 bits per heavy atom. The summed E-state index contributed by atoms with van der Waals surface area (Å²) >= 11 is 0. The molecule has 1 heterocycles. The van der Waals surface area contributed by atoms with Crippen LogP contribution in [-0.2, 0) is 88.5 Å². The van der Waals surface area contributed by atoms with Crippen molar-refractivity contribution in [2.75, 3.05) is 19.8 Å². The number of unbranched alkanes of at least 4 members (excludes halogenated alkanes) is 42. The number of amides is 2. The number of phosphoric acid groups is 1. The maximum Gasteiger partial charge on any atom is 0.475 e. The molecule has 656 valence electrons. The van der Waals surface area contributed by atoms with Crippen molar-refractivity contribution in [1.29, 1.82) is 0 Å². The van der Waals surface area contributed by atoms with Crippen LogP contribution in [0, 0.1) is 0 Å². The first-order valence-corrected chi connectivity index (χ1v) is 48.0. The quantitative estimate of drug-likeness (QED) is 0.0241. The number of aliphatic hydroxyl groups is 1. The monoisotopic (exact) mass is 1620 g/mol. The highest BCUT2D eigenvalue weighted by Gasteiger charge is 2.53. The summed E-state index contributed by atoms with van der Waals surface area (Å²) in [7, 11) is -4.85. The number of esters is 4. The van der Waals surface area contributed by atoms with Crippen molar-refractivity contribution in [2.24, 2.45) is 0 Å². The molecular weight excluding hydrogens is 1460 g/mol. The van der Waals surface area contributed by atoms with Gasteiger partial charge in [-0.2, -0.15) is 0 Å². The minimum absolute atomic E-state index is 0.0703. The average Bonchev–Trinajstić information content (AvgIpc) is 0.775. The molecule has 3 rings (SSSR count). The molecule has 1 fully saturated rings. The summed E-state index contributed by atoms with van der Waals surface area (Å²) in [6.07, 6.45) is 43.0. The Kier molecular flexibility index (Phi) is 64.6. The molecule has 2 aromatic carbocycles. The van der Waals surface area contributed by atoms with Crippen LogP contribution in [0.1, 0.15) is 419 Å². The van der Waals surface area contributed by atoms with E-state index in [0.29, 0.717) is 56.1 Å². The average molecular weight is 1620 g/mol. The highest BCUT2D eigenvalue weighted by atomic mass is 31.2. The minimum atomic E-state index is -4.85. The highest BCUT2D eigenvalue weighted by Crippen LogP contribution is 2.54. The summed E-state index contributed by atoms with van der Waals surface area (Å²) in [6.45, 7) is 11.5. The van der Waals surface area contributed by atoms with Crippen molar-refractivity contribution >= 4 is 43.5 Å². The van der Waals surface area contributed by atoms with Crippen LogP contribution in [0.25, 0.3) is 0 Å². The smallest absolute Gasteiger partial charge is 0.462 e. The number of hydrogen-bond donors (Lipinski definition) is 3. The van der Waals surface area contributed by atoms with Crippen LogP contribution >= 0.6 is 7.82 Å². The topological polar surface area (TPSA) is 247 Å². The van der Waals surface area contributed by atoms with Gasteiger partial charge in [-0.15, -0.1) is 0 Å². The molecule has 0 unspecified atom stereocenters. The van der Waals surface area contributed by atoms with Gasteiger partial charge in [-0.3, -0.25) is 42.3 Å². The van der Waals surface area contributed by atoms with Crippen LogP contribution in [-0.4, -0.2) is 110 Å². The van der Waals surface area contributed by atoms with Gasteiger partial charge in [0.05, 0.1) is 45.7 Å². The Hall–Kier alpha value is -4.75. The maximum atomic E-state index is 15.7. The lowest BCUT2D eigenvalue weighted by molar-refractivity contribution is -0.271. The predicted molar refractivity (Wildman–Crippen MR) is 458 cm³/mol. The molecule has 0 spiro atoms. The van der Waals surface area contributed by atoms with Gasteiger partial charge in [-0.25, -0.2) is 4.57 Å². The Morgan fingerprint density at radius 2 is 0.711 bits per heavy atom. The Labute approximate surface area is 692 Å². The molecule has 2 amide bonds. The number of carbonyl (C=O) groups is 6. The fourth-order valence-electron chi connectivity index (χ4n) is 14.9. The first-order valence-electron chi connectivity index (χ1n) is 46.6. The second-order valence-electron chi connectivity index (χ2n) is 32.4. The van der Waals surface area contributed by atoms with Crippen molar-refractivity contribution in [1.82, 2.24) is 10.6 Å². The number of phosphoric ester groups is 1. The molecule has 19 nitrogen and oxygen atoms in total. The van der Waals surface area contributed by atoms with Gasteiger partial charge in [-0.1, -0.05) is 372 Å². The Balaban J connectivity index is 2.17. The second kappa shape index (κ2) is 71.2. The van der Waals surface area contributed by atoms with E-state index in [1.54, 1.807) is 48.5 Å². The summed E-state index contributed by atoms with van der Waals surface area (Å²) < 4.78 is 73.2. The van der Waals surface area contributed by atoms with Crippen LogP contribution in [0.15, 0.2) is 60.7 Å². The number of carbonyl (C=O) groups excluding carboxylic acids is 6. The van der Waals surface area contributed by atoms with E-state index < -0.39 is 93.6 Å². The summed E-state index contributed by atoms with van der Waals surface area (Å²) in [5.74, 6) is -2.97. The zero-order valence-corrected chi connectivity index (χ0v) is 73.6. The lowest BCUT2D eigenvalue weighted by Gasteiger charge is -2.45. The third-order valence-corrected chi connectivity index (χ3v) is 23.2. The number of rotatable bonds is 78. The van der Waals surface area contributed by atoms with Gasteiger partial charge < -0.3 is 44.2 Å². The van der Waals surface area contributed by atoms with Gasteiger partial charge >= 0.3 is 31.7 Å². The molecule has 0 saturated carbocycles. The van der Waals surface area contributed by atoms with Crippen LogP contribution in [0.3, 0.4) is 0 Å². The molecule has 8 atom stereocenters. The number of ether oxygens (including phenoxy) is 6. The molecule has 0 radical (unpaired) electrons. The lowest BCUT2D eigenvalue weighted by atomic mass is 9.96. The molecular formula is C94H163N2O17P. The predicted octanol–water partition coefficient (Wildman–Crippen LogP) is 24.3. The van der Waals surface area contributed by atoms with E-state index in [0.717, 1.165) is 173 Å². The van der Waals surface area contributed by atoms with E-state index in [2.05, 4.69) is 52.2 Å². The van der Waals surface area contributed by atoms with Crippen molar-refractivity contribution in [3.63, 3.8) is 0 Å². The molecule has 114 heavy (non-hydrogen) atoms. The van der Waals surface area contributed by atoms with Crippen molar-refractivity contribution < 1.29 is 80.4 Å². The maximum absolute atomic E-state index is 15.7.